The summed E-state index contributed by atoms with van der Waals surface area (Å²) in [6, 6.07) is 13.7. The first-order chi connectivity index (χ1) is 12.4. The molecule has 0 aliphatic rings. The lowest BCUT2D eigenvalue weighted by Gasteiger charge is -2.02. The number of pyridine rings is 1. The molecule has 4 aromatic rings. The second-order valence-corrected chi connectivity index (χ2v) is 7.58. The Kier molecular flexibility index (Phi) is 3.96. The van der Waals surface area contributed by atoms with Gasteiger partial charge < -0.3 is 4.57 Å². The maximum absolute atomic E-state index is 12.7. The zero-order chi connectivity index (χ0) is 18.4. The van der Waals surface area contributed by atoms with E-state index in [9.17, 15) is 4.79 Å². The Balaban J connectivity index is 1.84. The van der Waals surface area contributed by atoms with E-state index >= 15 is 0 Å². The number of hydrogen-bond donors (Lipinski definition) is 0. The number of benzene rings is 2. The molecule has 0 bridgehead atoms. The van der Waals surface area contributed by atoms with E-state index in [1.807, 2.05) is 42.8 Å². The zero-order valence-electron chi connectivity index (χ0n) is 15.2. The van der Waals surface area contributed by atoms with Crippen molar-refractivity contribution in [3.8, 4) is 0 Å². The largest absolute Gasteiger partial charge is 0.319 e. The molecule has 4 nitrogen and oxygen atoms in total. The fourth-order valence-corrected chi connectivity index (χ4v) is 4.34. The van der Waals surface area contributed by atoms with Crippen molar-refractivity contribution in [2.75, 3.05) is 0 Å². The summed E-state index contributed by atoms with van der Waals surface area (Å²) in [5.74, 6) is -0.232. The molecule has 0 fully saturated rings. The second-order valence-electron chi connectivity index (χ2n) is 6.60. The van der Waals surface area contributed by atoms with Crippen molar-refractivity contribution in [2.24, 2.45) is 12.0 Å². The van der Waals surface area contributed by atoms with Crippen LogP contribution in [0.1, 0.15) is 27.2 Å². The van der Waals surface area contributed by atoms with Gasteiger partial charge >= 0.3 is 0 Å². The molecule has 0 N–H and O–H groups in total. The molecule has 4 rings (SSSR count). The van der Waals surface area contributed by atoms with E-state index in [1.54, 1.807) is 17.4 Å². The van der Waals surface area contributed by atoms with Gasteiger partial charge in [-0.3, -0.25) is 9.78 Å². The van der Waals surface area contributed by atoms with Crippen molar-refractivity contribution < 1.29 is 4.79 Å². The van der Waals surface area contributed by atoms with Crippen LogP contribution in [0.5, 0.6) is 0 Å². The first-order valence-electron chi connectivity index (χ1n) is 8.46. The summed E-state index contributed by atoms with van der Waals surface area (Å²) in [6.07, 6.45) is 0. The number of aromatic nitrogens is 2. The fraction of sp³-hybridized carbons (Fsp3) is 0.190. The molecule has 130 valence electrons. The van der Waals surface area contributed by atoms with Gasteiger partial charge in [-0.25, -0.2) is 0 Å². The molecule has 26 heavy (non-hydrogen) atoms. The number of amides is 1. The Morgan fingerprint density at radius 3 is 2.58 bits per heavy atom. The SMILES string of the molecule is Cc1ccc2cc(C(=O)N=c3sc4c(C)ccc(C)c4n3C)ccc2n1. The predicted octanol–water partition coefficient (Wildman–Crippen LogP) is 4.45. The van der Waals surface area contributed by atoms with Gasteiger partial charge in [0.1, 0.15) is 0 Å². The summed E-state index contributed by atoms with van der Waals surface area (Å²) in [6.45, 7) is 6.12. The molecule has 2 aromatic heterocycles. The summed E-state index contributed by atoms with van der Waals surface area (Å²) in [5, 5.41) is 0.948. The highest BCUT2D eigenvalue weighted by Crippen LogP contribution is 2.24. The molecule has 0 unspecified atom stereocenters. The van der Waals surface area contributed by atoms with Gasteiger partial charge in [-0.15, -0.1) is 0 Å². The second kappa shape index (κ2) is 6.18. The molecule has 0 saturated heterocycles. The average Bonchev–Trinajstić information content (AvgIpc) is 2.95. The van der Waals surface area contributed by atoms with Gasteiger partial charge in [0.15, 0.2) is 4.80 Å². The Morgan fingerprint density at radius 2 is 1.81 bits per heavy atom. The maximum Gasteiger partial charge on any atom is 0.279 e. The van der Waals surface area contributed by atoms with Crippen LogP contribution in [0.15, 0.2) is 47.5 Å². The summed E-state index contributed by atoms with van der Waals surface area (Å²) in [7, 11) is 1.96. The van der Waals surface area contributed by atoms with Crippen molar-refractivity contribution in [1.82, 2.24) is 9.55 Å². The van der Waals surface area contributed by atoms with E-state index in [0.717, 1.165) is 22.1 Å². The third-order valence-corrected chi connectivity index (χ3v) is 5.89. The third-order valence-electron chi connectivity index (χ3n) is 4.62. The maximum atomic E-state index is 12.7. The minimum Gasteiger partial charge on any atom is -0.319 e. The van der Waals surface area contributed by atoms with Gasteiger partial charge in [-0.1, -0.05) is 29.5 Å². The lowest BCUT2D eigenvalue weighted by molar-refractivity contribution is 0.0998. The summed E-state index contributed by atoms with van der Waals surface area (Å²) in [4.78, 5) is 22.3. The first kappa shape index (κ1) is 16.7. The smallest absolute Gasteiger partial charge is 0.279 e. The minimum absolute atomic E-state index is 0.232. The normalized spacial score (nSPS) is 12.2. The third kappa shape index (κ3) is 2.74. The van der Waals surface area contributed by atoms with Gasteiger partial charge in [0.2, 0.25) is 0 Å². The van der Waals surface area contributed by atoms with Crippen molar-refractivity contribution in [2.45, 2.75) is 20.8 Å². The minimum atomic E-state index is -0.232. The molecule has 1 amide bonds. The van der Waals surface area contributed by atoms with Gasteiger partial charge in [-0.05, 0) is 56.2 Å². The average molecular weight is 361 g/mol. The quantitative estimate of drug-likeness (QED) is 0.503. The molecular formula is C21H19N3OS. The van der Waals surface area contributed by atoms with E-state index in [2.05, 4.69) is 36.0 Å². The monoisotopic (exact) mass is 361 g/mol. The molecule has 0 spiro atoms. The van der Waals surface area contributed by atoms with Crippen molar-refractivity contribution in [3.05, 3.63) is 69.7 Å². The molecule has 0 aliphatic carbocycles. The molecular weight excluding hydrogens is 342 g/mol. The van der Waals surface area contributed by atoms with E-state index in [-0.39, 0.29) is 5.91 Å². The summed E-state index contributed by atoms with van der Waals surface area (Å²) >= 11 is 1.56. The van der Waals surface area contributed by atoms with Gasteiger partial charge in [0.05, 0.1) is 15.7 Å². The topological polar surface area (TPSA) is 47.2 Å². The lowest BCUT2D eigenvalue weighted by Crippen LogP contribution is -2.13. The number of thiazole rings is 1. The fourth-order valence-electron chi connectivity index (χ4n) is 3.18. The van der Waals surface area contributed by atoms with Crippen LogP contribution in [0.3, 0.4) is 0 Å². The predicted molar refractivity (Wildman–Crippen MR) is 107 cm³/mol. The highest BCUT2D eigenvalue weighted by atomic mass is 32.1. The van der Waals surface area contributed by atoms with Crippen LogP contribution in [0.4, 0.5) is 0 Å². The molecule has 0 atom stereocenters. The molecule has 0 aliphatic heterocycles. The molecule has 0 radical (unpaired) electrons. The number of rotatable bonds is 1. The van der Waals surface area contributed by atoms with Crippen LogP contribution in [-0.2, 0) is 7.05 Å². The van der Waals surface area contributed by atoms with Gasteiger partial charge in [-0.2, -0.15) is 4.99 Å². The summed E-state index contributed by atoms with van der Waals surface area (Å²) in [5.41, 5.74) is 5.95. The molecule has 2 aromatic carbocycles. The van der Waals surface area contributed by atoms with Crippen molar-refractivity contribution >= 4 is 38.4 Å². The Hall–Kier alpha value is -2.79. The molecule has 0 saturated carbocycles. The standard InChI is InChI=1S/C21H19N3OS/c1-12-5-6-13(2)19-18(12)24(4)21(26-19)23-20(25)16-9-10-17-15(11-16)8-7-14(3)22-17/h5-11H,1-4H3. The molecule has 2 heterocycles. The van der Waals surface area contributed by atoms with Crippen molar-refractivity contribution in [3.63, 3.8) is 0 Å². The van der Waals surface area contributed by atoms with Crippen LogP contribution in [0, 0.1) is 20.8 Å². The van der Waals surface area contributed by atoms with E-state index in [0.29, 0.717) is 10.4 Å². The van der Waals surface area contributed by atoms with Crippen LogP contribution in [-0.4, -0.2) is 15.5 Å². The van der Waals surface area contributed by atoms with Gasteiger partial charge in [0, 0.05) is 23.7 Å². The van der Waals surface area contributed by atoms with E-state index < -0.39 is 0 Å². The highest BCUT2D eigenvalue weighted by Gasteiger charge is 2.11. The number of hydrogen-bond acceptors (Lipinski definition) is 3. The van der Waals surface area contributed by atoms with Crippen molar-refractivity contribution in [1.29, 1.82) is 0 Å². The lowest BCUT2D eigenvalue weighted by atomic mass is 10.1. The number of carbonyl (C=O) groups excluding carboxylic acids is 1. The van der Waals surface area contributed by atoms with E-state index in [1.165, 1.54) is 15.8 Å². The number of carbonyl (C=O) groups is 1. The number of fused-ring (bicyclic) bond motifs is 2. The Labute approximate surface area is 155 Å². The van der Waals surface area contributed by atoms with Crippen LogP contribution >= 0.6 is 11.3 Å². The zero-order valence-corrected chi connectivity index (χ0v) is 16.0. The molecule has 5 heteroatoms. The first-order valence-corrected chi connectivity index (χ1v) is 9.28. The Morgan fingerprint density at radius 1 is 1.04 bits per heavy atom. The Bertz CT molecular complexity index is 1250. The van der Waals surface area contributed by atoms with Gasteiger partial charge in [0.25, 0.3) is 5.91 Å². The van der Waals surface area contributed by atoms with Crippen LogP contribution < -0.4 is 4.80 Å². The van der Waals surface area contributed by atoms with E-state index in [4.69, 9.17) is 0 Å². The number of aryl methyl sites for hydroxylation is 4. The summed E-state index contributed by atoms with van der Waals surface area (Å²) < 4.78 is 3.18. The highest BCUT2D eigenvalue weighted by molar-refractivity contribution is 7.16. The van der Waals surface area contributed by atoms with Crippen LogP contribution in [0.2, 0.25) is 0 Å². The van der Waals surface area contributed by atoms with Crippen LogP contribution in [0.25, 0.3) is 21.1 Å². The number of nitrogens with zero attached hydrogens (tertiary/aromatic N) is 3.